The van der Waals surface area contributed by atoms with E-state index >= 15 is 0 Å². The molecule has 188 valence electrons. The Balaban J connectivity index is 1.50. The monoisotopic (exact) mass is 492 g/mol. The van der Waals surface area contributed by atoms with E-state index < -0.39 is 36.7 Å². The Bertz CT molecular complexity index is 1120. The minimum absolute atomic E-state index is 0.00333. The predicted octanol–water partition coefficient (Wildman–Crippen LogP) is 2.66. The van der Waals surface area contributed by atoms with Crippen LogP contribution in [-0.4, -0.2) is 46.9 Å². The number of aliphatic carboxylic acids is 1. The van der Waals surface area contributed by atoms with Gasteiger partial charge in [0, 0.05) is 6.42 Å². The van der Waals surface area contributed by atoms with Gasteiger partial charge < -0.3 is 30.3 Å². The van der Waals surface area contributed by atoms with E-state index in [1.807, 2.05) is 36.4 Å². The molecule has 0 aliphatic heterocycles. The van der Waals surface area contributed by atoms with Crippen LogP contribution in [0.2, 0.25) is 0 Å². The van der Waals surface area contributed by atoms with Crippen LogP contribution in [0.25, 0.3) is 0 Å². The molecule has 0 saturated carbocycles. The second-order valence-corrected chi connectivity index (χ2v) is 7.96. The van der Waals surface area contributed by atoms with Crippen molar-refractivity contribution in [3.63, 3.8) is 0 Å². The molecule has 3 rings (SSSR count). The molecule has 2 amide bonds. The van der Waals surface area contributed by atoms with E-state index in [4.69, 9.17) is 9.47 Å². The number of amides is 2. The van der Waals surface area contributed by atoms with E-state index in [1.165, 1.54) is 0 Å². The number of carboxylic acids is 1. The molecule has 36 heavy (non-hydrogen) atoms. The Labute approximate surface area is 208 Å². The molecule has 0 aromatic heterocycles. The lowest BCUT2D eigenvalue weighted by Crippen LogP contribution is -2.53. The Kier molecular flexibility index (Phi) is 9.84. The topological polar surface area (TPSA) is 134 Å². The molecule has 9 nitrogen and oxygen atoms in total. The Morgan fingerprint density at radius 2 is 1.31 bits per heavy atom. The van der Waals surface area contributed by atoms with Crippen molar-refractivity contribution in [1.29, 1.82) is 0 Å². The van der Waals surface area contributed by atoms with Crippen molar-refractivity contribution < 1.29 is 34.1 Å². The second-order valence-electron chi connectivity index (χ2n) is 7.96. The molecular formula is C27H28N2O7. The quantitative estimate of drug-likeness (QED) is 0.305. The maximum Gasteiger partial charge on any atom is 0.408 e. The highest BCUT2D eigenvalue weighted by atomic mass is 16.5. The number of ether oxygens (including phenoxy) is 2. The summed E-state index contributed by atoms with van der Waals surface area (Å²) in [5.74, 6) is -1.47. The van der Waals surface area contributed by atoms with Crippen molar-refractivity contribution in [2.45, 2.75) is 31.7 Å². The van der Waals surface area contributed by atoms with E-state index in [0.29, 0.717) is 17.9 Å². The molecule has 0 spiro atoms. The fourth-order valence-electron chi connectivity index (χ4n) is 3.27. The van der Waals surface area contributed by atoms with Crippen molar-refractivity contribution in [3.05, 3.63) is 102 Å². The van der Waals surface area contributed by atoms with Gasteiger partial charge in [-0.05, 0) is 28.8 Å². The number of carbonyl (C=O) groups is 3. The van der Waals surface area contributed by atoms with Crippen molar-refractivity contribution in [3.8, 4) is 5.75 Å². The SMILES string of the molecule is O=C(N[C@@H](CO)C(=O)N[C@H](Cc1ccc(OCc2ccccc2)cc1)C(=O)O)OCc1ccccc1. The lowest BCUT2D eigenvalue weighted by molar-refractivity contribution is -0.142. The number of nitrogens with one attached hydrogen (secondary N) is 2. The second kappa shape index (κ2) is 13.5. The standard InChI is InChI=1S/C27H28N2O7/c30-16-24(29-27(34)36-18-21-9-5-2-6-10-21)25(31)28-23(26(32)33)15-19-11-13-22(14-12-19)35-17-20-7-3-1-4-8-20/h1-14,23-24,30H,15-18H2,(H,28,31)(H,29,34)(H,32,33)/t23-,24+/m1/s1. The molecular weight excluding hydrogens is 464 g/mol. The molecule has 2 atom stereocenters. The van der Waals surface area contributed by atoms with Crippen LogP contribution in [0.1, 0.15) is 16.7 Å². The van der Waals surface area contributed by atoms with Crippen molar-refractivity contribution >= 4 is 18.0 Å². The Hall–Kier alpha value is -4.37. The van der Waals surface area contributed by atoms with Crippen LogP contribution < -0.4 is 15.4 Å². The zero-order valence-corrected chi connectivity index (χ0v) is 19.5. The molecule has 0 bridgehead atoms. The molecule has 0 radical (unpaired) electrons. The average Bonchev–Trinajstić information content (AvgIpc) is 2.90. The number of benzene rings is 3. The minimum atomic E-state index is -1.37. The maximum atomic E-state index is 12.5. The molecule has 0 aliphatic rings. The molecule has 3 aromatic carbocycles. The molecule has 0 heterocycles. The maximum absolute atomic E-state index is 12.5. The van der Waals surface area contributed by atoms with Crippen molar-refractivity contribution in [2.75, 3.05) is 6.61 Å². The van der Waals surface area contributed by atoms with Gasteiger partial charge in [0.1, 0.15) is 31.0 Å². The van der Waals surface area contributed by atoms with Crippen LogP contribution in [0.3, 0.4) is 0 Å². The number of aliphatic hydroxyl groups excluding tert-OH is 1. The number of hydrogen-bond donors (Lipinski definition) is 4. The van der Waals surface area contributed by atoms with Gasteiger partial charge >= 0.3 is 12.1 Å². The van der Waals surface area contributed by atoms with E-state index in [2.05, 4.69) is 10.6 Å². The molecule has 0 saturated heterocycles. The molecule has 0 unspecified atom stereocenters. The van der Waals surface area contributed by atoms with Gasteiger partial charge in [-0.25, -0.2) is 9.59 Å². The summed E-state index contributed by atoms with van der Waals surface area (Å²) in [4.78, 5) is 36.3. The number of rotatable bonds is 12. The fraction of sp³-hybridized carbons (Fsp3) is 0.222. The van der Waals surface area contributed by atoms with Gasteiger partial charge in [-0.3, -0.25) is 4.79 Å². The summed E-state index contributed by atoms with van der Waals surface area (Å²) >= 11 is 0. The normalized spacial score (nSPS) is 12.1. The van der Waals surface area contributed by atoms with Crippen LogP contribution in [0.4, 0.5) is 4.79 Å². The van der Waals surface area contributed by atoms with Crippen LogP contribution in [0, 0.1) is 0 Å². The summed E-state index contributed by atoms with van der Waals surface area (Å²) in [6.45, 7) is -0.349. The van der Waals surface area contributed by atoms with Crippen LogP contribution in [0.5, 0.6) is 5.75 Å². The zero-order chi connectivity index (χ0) is 25.8. The van der Waals surface area contributed by atoms with Gasteiger partial charge in [-0.15, -0.1) is 0 Å². The van der Waals surface area contributed by atoms with E-state index in [0.717, 1.165) is 11.1 Å². The smallest absolute Gasteiger partial charge is 0.408 e. The average molecular weight is 493 g/mol. The number of carboxylic acid groups (broad SMARTS) is 1. The highest BCUT2D eigenvalue weighted by Gasteiger charge is 2.26. The fourth-order valence-corrected chi connectivity index (χ4v) is 3.27. The number of aliphatic hydroxyl groups is 1. The highest BCUT2D eigenvalue weighted by molar-refractivity contribution is 5.89. The van der Waals surface area contributed by atoms with Crippen LogP contribution in [0.15, 0.2) is 84.9 Å². The first-order chi connectivity index (χ1) is 17.4. The number of alkyl carbamates (subject to hydrolysis) is 1. The summed E-state index contributed by atoms with van der Waals surface area (Å²) in [6, 6.07) is 22.8. The summed E-state index contributed by atoms with van der Waals surface area (Å²) in [6.07, 6.45) is -0.914. The summed E-state index contributed by atoms with van der Waals surface area (Å²) < 4.78 is 10.8. The lowest BCUT2D eigenvalue weighted by atomic mass is 10.1. The molecule has 4 N–H and O–H groups in total. The largest absolute Gasteiger partial charge is 0.489 e. The zero-order valence-electron chi connectivity index (χ0n) is 19.5. The van der Waals surface area contributed by atoms with Crippen molar-refractivity contribution in [2.24, 2.45) is 0 Å². The summed E-state index contributed by atoms with van der Waals surface area (Å²) in [5.41, 5.74) is 2.43. The molecule has 9 heteroatoms. The third-order valence-electron chi connectivity index (χ3n) is 5.23. The summed E-state index contributed by atoms with van der Waals surface area (Å²) in [5, 5.41) is 23.7. The Morgan fingerprint density at radius 1 is 0.722 bits per heavy atom. The third kappa shape index (κ3) is 8.44. The lowest BCUT2D eigenvalue weighted by Gasteiger charge is -2.20. The molecule has 0 fully saturated rings. The Morgan fingerprint density at radius 3 is 1.86 bits per heavy atom. The van der Waals surface area contributed by atoms with Gasteiger partial charge in [0.15, 0.2) is 0 Å². The highest BCUT2D eigenvalue weighted by Crippen LogP contribution is 2.15. The number of carbonyl (C=O) groups excluding carboxylic acids is 2. The van der Waals surface area contributed by atoms with Crippen LogP contribution >= 0.6 is 0 Å². The van der Waals surface area contributed by atoms with E-state index in [-0.39, 0.29) is 13.0 Å². The van der Waals surface area contributed by atoms with Crippen molar-refractivity contribution in [1.82, 2.24) is 10.6 Å². The minimum Gasteiger partial charge on any atom is -0.489 e. The van der Waals surface area contributed by atoms with Gasteiger partial charge in [0.05, 0.1) is 6.61 Å². The van der Waals surface area contributed by atoms with Gasteiger partial charge in [0.25, 0.3) is 0 Å². The molecule has 3 aromatic rings. The predicted molar refractivity (Wildman–Crippen MR) is 131 cm³/mol. The number of hydrogen-bond acceptors (Lipinski definition) is 6. The summed E-state index contributed by atoms with van der Waals surface area (Å²) in [7, 11) is 0. The molecule has 0 aliphatic carbocycles. The van der Waals surface area contributed by atoms with E-state index in [1.54, 1.807) is 48.5 Å². The first kappa shape index (κ1) is 26.2. The van der Waals surface area contributed by atoms with Gasteiger partial charge in [-0.2, -0.15) is 0 Å². The first-order valence-corrected chi connectivity index (χ1v) is 11.3. The van der Waals surface area contributed by atoms with Gasteiger partial charge in [0.2, 0.25) is 5.91 Å². The first-order valence-electron chi connectivity index (χ1n) is 11.3. The van der Waals surface area contributed by atoms with Crippen LogP contribution in [-0.2, 0) is 34.0 Å². The van der Waals surface area contributed by atoms with E-state index in [9.17, 15) is 24.6 Å². The third-order valence-corrected chi connectivity index (χ3v) is 5.23. The van der Waals surface area contributed by atoms with Gasteiger partial charge in [-0.1, -0.05) is 72.8 Å².